The van der Waals surface area contributed by atoms with Crippen LogP contribution in [0.5, 0.6) is 0 Å². The number of aryl methyl sites for hydroxylation is 1. The van der Waals surface area contributed by atoms with Gasteiger partial charge in [-0.1, -0.05) is 39.0 Å². The van der Waals surface area contributed by atoms with Crippen molar-refractivity contribution in [1.82, 2.24) is 15.5 Å². The molecule has 1 aromatic heterocycles. The second kappa shape index (κ2) is 9.56. The predicted molar refractivity (Wildman–Crippen MR) is 115 cm³/mol. The molecule has 0 saturated carbocycles. The summed E-state index contributed by atoms with van der Waals surface area (Å²) >= 11 is 0. The quantitative estimate of drug-likeness (QED) is 0.620. The maximum absolute atomic E-state index is 12.9. The molecule has 3 amide bonds. The van der Waals surface area contributed by atoms with Crippen molar-refractivity contribution in [3.05, 3.63) is 42.1 Å². The number of nitrogens with one attached hydrogen (secondary N) is 3. The molecule has 3 rings (SSSR count). The molecule has 0 aliphatic carbocycles. The Bertz CT molecular complexity index is 894. The van der Waals surface area contributed by atoms with E-state index in [-0.39, 0.29) is 30.1 Å². The molecule has 3 N–H and O–H groups in total. The molecule has 0 radical (unpaired) electrons. The molecule has 1 aromatic carbocycles. The van der Waals surface area contributed by atoms with Gasteiger partial charge in [0.1, 0.15) is 11.9 Å². The number of para-hydroxylation sites is 1. The van der Waals surface area contributed by atoms with E-state index in [4.69, 9.17) is 0 Å². The Kier molecular flexibility index (Phi) is 6.87. The maximum Gasteiger partial charge on any atom is 0.248 e. The number of anilines is 2. The molecular formula is C22H29N5O3. The van der Waals surface area contributed by atoms with Gasteiger partial charge in [0.25, 0.3) is 0 Å². The number of aromatic amines is 1. The van der Waals surface area contributed by atoms with Gasteiger partial charge in [-0.3, -0.25) is 19.5 Å². The fourth-order valence-electron chi connectivity index (χ4n) is 3.73. The lowest BCUT2D eigenvalue weighted by molar-refractivity contribution is -0.129. The van der Waals surface area contributed by atoms with Crippen LogP contribution in [0, 0.1) is 11.8 Å². The highest BCUT2D eigenvalue weighted by molar-refractivity contribution is 6.02. The van der Waals surface area contributed by atoms with Crippen LogP contribution >= 0.6 is 0 Å². The first-order valence-corrected chi connectivity index (χ1v) is 10.4. The molecule has 2 unspecified atom stereocenters. The lowest BCUT2D eigenvalue weighted by Crippen LogP contribution is -2.47. The Morgan fingerprint density at radius 3 is 2.70 bits per heavy atom. The van der Waals surface area contributed by atoms with Gasteiger partial charge in [0.05, 0.1) is 12.1 Å². The molecule has 1 saturated heterocycles. The van der Waals surface area contributed by atoms with Crippen molar-refractivity contribution < 1.29 is 14.4 Å². The van der Waals surface area contributed by atoms with E-state index >= 15 is 0 Å². The molecular weight excluding hydrogens is 382 g/mol. The minimum Gasteiger partial charge on any atom is -0.344 e. The highest BCUT2D eigenvalue weighted by atomic mass is 16.2. The average Bonchev–Trinajstić information content (AvgIpc) is 3.36. The zero-order valence-electron chi connectivity index (χ0n) is 17.6. The van der Waals surface area contributed by atoms with Gasteiger partial charge >= 0.3 is 0 Å². The molecule has 1 fully saturated rings. The molecule has 0 bridgehead atoms. The highest BCUT2D eigenvalue weighted by Gasteiger charge is 2.37. The van der Waals surface area contributed by atoms with Gasteiger partial charge in [0.2, 0.25) is 17.7 Å². The summed E-state index contributed by atoms with van der Waals surface area (Å²) in [6.45, 7) is 6.34. The summed E-state index contributed by atoms with van der Waals surface area (Å²) in [6, 6.07) is 8.71. The number of nitrogens with zero attached hydrogens (tertiary/aromatic N) is 2. The number of aromatic nitrogens is 2. The maximum atomic E-state index is 12.9. The van der Waals surface area contributed by atoms with Crippen molar-refractivity contribution in [2.45, 2.75) is 46.1 Å². The molecule has 2 atom stereocenters. The van der Waals surface area contributed by atoms with Crippen LogP contribution in [0.1, 0.15) is 39.2 Å². The smallest absolute Gasteiger partial charge is 0.248 e. The Labute approximate surface area is 176 Å². The molecule has 0 spiro atoms. The number of rotatable bonds is 8. The molecule has 30 heavy (non-hydrogen) atoms. The van der Waals surface area contributed by atoms with Gasteiger partial charge in [0.15, 0.2) is 0 Å². The minimum absolute atomic E-state index is 0.0710. The van der Waals surface area contributed by atoms with Crippen LogP contribution in [-0.2, 0) is 20.8 Å². The Balaban J connectivity index is 1.68. The lowest BCUT2D eigenvalue weighted by atomic mass is 10.0. The van der Waals surface area contributed by atoms with Gasteiger partial charge < -0.3 is 15.5 Å². The summed E-state index contributed by atoms with van der Waals surface area (Å²) in [6.07, 6.45) is 2.98. The summed E-state index contributed by atoms with van der Waals surface area (Å²) in [4.78, 5) is 39.9. The third-order valence-electron chi connectivity index (χ3n) is 5.26. The van der Waals surface area contributed by atoms with Crippen LogP contribution in [0.4, 0.5) is 11.5 Å². The first-order valence-electron chi connectivity index (χ1n) is 10.4. The number of carbonyl (C=O) groups excluding carboxylic acids is 3. The normalized spacial score (nSPS) is 17.3. The molecule has 1 aliphatic rings. The van der Waals surface area contributed by atoms with E-state index in [9.17, 15) is 14.4 Å². The predicted octanol–water partition coefficient (Wildman–Crippen LogP) is 2.49. The van der Waals surface area contributed by atoms with Gasteiger partial charge in [-0.2, -0.15) is 5.10 Å². The number of benzene rings is 1. The van der Waals surface area contributed by atoms with Crippen molar-refractivity contribution in [2.75, 3.05) is 16.8 Å². The van der Waals surface area contributed by atoms with Crippen molar-refractivity contribution in [1.29, 1.82) is 0 Å². The van der Waals surface area contributed by atoms with Gasteiger partial charge in [0, 0.05) is 24.7 Å². The number of amides is 3. The van der Waals surface area contributed by atoms with Crippen LogP contribution in [0.25, 0.3) is 0 Å². The monoisotopic (exact) mass is 411 g/mol. The van der Waals surface area contributed by atoms with Crippen LogP contribution in [0.2, 0.25) is 0 Å². The van der Waals surface area contributed by atoms with Crippen molar-refractivity contribution in [3.63, 3.8) is 0 Å². The lowest BCUT2D eigenvalue weighted by Gasteiger charge is -2.22. The number of H-pyrrole nitrogens is 1. The SMILES string of the molecule is CCc1ccccc1N1CC(C(=O)NC(CC(C)C)C(=O)Nc2ccn[nH]2)CC1=O. The summed E-state index contributed by atoms with van der Waals surface area (Å²) in [5, 5.41) is 12.1. The summed E-state index contributed by atoms with van der Waals surface area (Å²) in [7, 11) is 0. The van der Waals surface area contributed by atoms with Crippen molar-refractivity contribution >= 4 is 29.2 Å². The van der Waals surface area contributed by atoms with Gasteiger partial charge in [-0.05, 0) is 30.4 Å². The summed E-state index contributed by atoms with van der Waals surface area (Å²) in [5.74, 6) is -0.457. The second-order valence-corrected chi connectivity index (χ2v) is 8.04. The summed E-state index contributed by atoms with van der Waals surface area (Å²) < 4.78 is 0. The fourth-order valence-corrected chi connectivity index (χ4v) is 3.73. The molecule has 8 nitrogen and oxygen atoms in total. The number of hydrogen-bond donors (Lipinski definition) is 3. The minimum atomic E-state index is -0.687. The highest BCUT2D eigenvalue weighted by Crippen LogP contribution is 2.28. The van der Waals surface area contributed by atoms with Crippen molar-refractivity contribution in [3.8, 4) is 0 Å². The Morgan fingerprint density at radius 1 is 1.27 bits per heavy atom. The third-order valence-corrected chi connectivity index (χ3v) is 5.26. The molecule has 2 aromatic rings. The van der Waals surface area contributed by atoms with Crippen LogP contribution in [0.3, 0.4) is 0 Å². The van der Waals surface area contributed by atoms with E-state index in [0.29, 0.717) is 18.8 Å². The van der Waals surface area contributed by atoms with E-state index in [2.05, 4.69) is 20.8 Å². The zero-order valence-corrected chi connectivity index (χ0v) is 17.6. The Hall–Kier alpha value is -3.16. The fraction of sp³-hybridized carbons (Fsp3) is 0.455. The standard InChI is InChI=1S/C22H29N5O3/c1-4-15-7-5-6-8-18(15)27-13-16(12-20(27)28)21(29)24-17(11-14(2)3)22(30)25-19-9-10-23-26-19/h5-10,14,16-17H,4,11-13H2,1-3H3,(H,24,29)(H2,23,25,26,30). The number of carbonyl (C=O) groups is 3. The van der Waals surface area contributed by atoms with Crippen LogP contribution in [0.15, 0.2) is 36.5 Å². The summed E-state index contributed by atoms with van der Waals surface area (Å²) in [5.41, 5.74) is 1.93. The van der Waals surface area contributed by atoms with Gasteiger partial charge in [-0.25, -0.2) is 0 Å². The first-order chi connectivity index (χ1) is 14.4. The topological polar surface area (TPSA) is 107 Å². The van der Waals surface area contributed by atoms with E-state index < -0.39 is 12.0 Å². The zero-order chi connectivity index (χ0) is 21.7. The number of hydrogen-bond acceptors (Lipinski definition) is 4. The van der Waals surface area contributed by atoms with E-state index in [1.807, 2.05) is 45.0 Å². The second-order valence-electron chi connectivity index (χ2n) is 8.04. The average molecular weight is 412 g/mol. The van der Waals surface area contributed by atoms with Crippen molar-refractivity contribution in [2.24, 2.45) is 11.8 Å². The Morgan fingerprint density at radius 2 is 2.03 bits per heavy atom. The molecule has 1 aliphatic heterocycles. The third kappa shape index (κ3) is 5.06. The molecule has 8 heteroatoms. The largest absolute Gasteiger partial charge is 0.344 e. The first kappa shape index (κ1) is 21.5. The van der Waals surface area contributed by atoms with E-state index in [1.54, 1.807) is 17.2 Å². The van der Waals surface area contributed by atoms with E-state index in [1.165, 1.54) is 0 Å². The van der Waals surface area contributed by atoms with Crippen LogP contribution < -0.4 is 15.5 Å². The molecule has 2 heterocycles. The molecule has 160 valence electrons. The van der Waals surface area contributed by atoms with E-state index in [0.717, 1.165) is 17.7 Å². The van der Waals surface area contributed by atoms with Gasteiger partial charge in [-0.15, -0.1) is 0 Å². The van der Waals surface area contributed by atoms with Crippen LogP contribution in [-0.4, -0.2) is 40.5 Å².